The van der Waals surface area contributed by atoms with E-state index in [1.54, 1.807) is 0 Å². The highest BCUT2D eigenvalue weighted by Gasteiger charge is 2.46. The van der Waals surface area contributed by atoms with Gasteiger partial charge in [0.1, 0.15) is 0 Å². The minimum atomic E-state index is -0.813. The second-order valence-corrected chi connectivity index (χ2v) is 7.14. The van der Waals surface area contributed by atoms with Crippen molar-refractivity contribution in [3.05, 3.63) is 35.9 Å². The zero-order valence-corrected chi connectivity index (χ0v) is 13.5. The van der Waals surface area contributed by atoms with Crippen LogP contribution in [-0.4, -0.2) is 23.0 Å². The molecule has 0 bridgehead atoms. The molecule has 0 saturated heterocycles. The van der Waals surface area contributed by atoms with Crippen molar-refractivity contribution in [3.63, 3.8) is 0 Å². The van der Waals surface area contributed by atoms with E-state index in [2.05, 4.69) is 29.6 Å². The van der Waals surface area contributed by atoms with Gasteiger partial charge in [0.25, 0.3) is 0 Å². The van der Waals surface area contributed by atoms with Crippen LogP contribution in [0.3, 0.4) is 0 Å². The van der Waals surface area contributed by atoms with Gasteiger partial charge in [0.2, 0.25) is 5.91 Å². The molecule has 0 spiro atoms. The summed E-state index contributed by atoms with van der Waals surface area (Å²) in [5.41, 5.74) is 0.599. The first-order valence-corrected chi connectivity index (χ1v) is 8.67. The maximum absolute atomic E-state index is 12.2. The fraction of sp³-hybridized carbons (Fsp3) is 0.579. The van der Waals surface area contributed by atoms with E-state index in [1.807, 2.05) is 6.07 Å². The highest BCUT2D eigenvalue weighted by atomic mass is 16.4. The Bertz CT molecular complexity index is 557. The summed E-state index contributed by atoms with van der Waals surface area (Å²) in [6.07, 6.45) is 6.45. The van der Waals surface area contributed by atoms with Crippen molar-refractivity contribution >= 4 is 11.9 Å². The van der Waals surface area contributed by atoms with Crippen molar-refractivity contribution in [1.82, 2.24) is 5.32 Å². The zero-order chi connectivity index (χ0) is 16.3. The molecule has 1 aromatic rings. The Morgan fingerprint density at radius 2 is 1.74 bits per heavy atom. The third-order valence-electron chi connectivity index (χ3n) is 5.63. The fourth-order valence-corrected chi connectivity index (χ4v) is 3.95. The topological polar surface area (TPSA) is 66.4 Å². The molecule has 2 fully saturated rings. The van der Waals surface area contributed by atoms with Gasteiger partial charge in [-0.25, -0.2) is 0 Å². The molecule has 4 nitrogen and oxygen atoms in total. The van der Waals surface area contributed by atoms with E-state index in [0.29, 0.717) is 18.8 Å². The maximum Gasteiger partial charge on any atom is 0.310 e. The Kier molecular flexibility index (Phi) is 4.69. The van der Waals surface area contributed by atoms with E-state index < -0.39 is 11.4 Å². The average molecular weight is 315 g/mol. The molecule has 1 aromatic carbocycles. The summed E-state index contributed by atoms with van der Waals surface area (Å²) in [4.78, 5) is 23.6. The van der Waals surface area contributed by atoms with Crippen LogP contribution in [0, 0.1) is 5.41 Å². The normalized spacial score (nSPS) is 26.1. The number of benzene rings is 1. The number of carboxylic acid groups (broad SMARTS) is 1. The molecule has 23 heavy (non-hydrogen) atoms. The number of carbonyl (C=O) groups is 2. The molecular formula is C19H25NO3. The number of hydrogen-bond acceptors (Lipinski definition) is 2. The van der Waals surface area contributed by atoms with Crippen LogP contribution < -0.4 is 5.32 Å². The van der Waals surface area contributed by atoms with Gasteiger partial charge in [-0.2, -0.15) is 0 Å². The molecule has 1 amide bonds. The summed E-state index contributed by atoms with van der Waals surface area (Å²) in [7, 11) is 0. The van der Waals surface area contributed by atoms with Gasteiger partial charge >= 0.3 is 5.97 Å². The Labute approximate surface area is 137 Å². The van der Waals surface area contributed by atoms with Crippen LogP contribution in [0.1, 0.15) is 62.8 Å². The number of aliphatic carboxylic acids is 1. The first-order chi connectivity index (χ1) is 11.1. The van der Waals surface area contributed by atoms with Crippen LogP contribution in [0.4, 0.5) is 0 Å². The molecule has 0 heterocycles. The highest BCUT2D eigenvalue weighted by Crippen LogP contribution is 2.44. The Hall–Kier alpha value is -1.84. The van der Waals surface area contributed by atoms with Crippen molar-refractivity contribution in [2.45, 2.75) is 63.3 Å². The van der Waals surface area contributed by atoms with Crippen LogP contribution in [0.25, 0.3) is 0 Å². The van der Waals surface area contributed by atoms with Crippen molar-refractivity contribution in [2.75, 3.05) is 0 Å². The third kappa shape index (κ3) is 3.57. The van der Waals surface area contributed by atoms with Gasteiger partial charge in [-0.15, -0.1) is 0 Å². The van der Waals surface area contributed by atoms with Gasteiger partial charge in [-0.1, -0.05) is 36.8 Å². The largest absolute Gasteiger partial charge is 0.481 e. The minimum absolute atomic E-state index is 0.0877. The molecule has 3 rings (SSSR count). The van der Waals surface area contributed by atoms with Gasteiger partial charge in [0, 0.05) is 12.5 Å². The van der Waals surface area contributed by atoms with Crippen LogP contribution in [0.2, 0.25) is 0 Å². The first-order valence-electron chi connectivity index (χ1n) is 8.67. The Balaban J connectivity index is 1.47. The molecule has 2 aliphatic carbocycles. The molecule has 2 saturated carbocycles. The molecule has 4 heteroatoms. The van der Waals surface area contributed by atoms with Crippen molar-refractivity contribution in [2.24, 2.45) is 5.41 Å². The van der Waals surface area contributed by atoms with E-state index >= 15 is 0 Å². The number of amides is 1. The van der Waals surface area contributed by atoms with Crippen molar-refractivity contribution < 1.29 is 14.7 Å². The lowest BCUT2D eigenvalue weighted by Gasteiger charge is -2.37. The lowest BCUT2D eigenvalue weighted by atomic mass is 9.66. The molecule has 0 aliphatic heterocycles. The first kappa shape index (κ1) is 16.0. The maximum atomic E-state index is 12.2. The van der Waals surface area contributed by atoms with E-state index in [-0.39, 0.29) is 18.4 Å². The van der Waals surface area contributed by atoms with Crippen molar-refractivity contribution in [1.29, 1.82) is 0 Å². The summed E-state index contributed by atoms with van der Waals surface area (Å²) in [5.74, 6) is -0.316. The van der Waals surface area contributed by atoms with Gasteiger partial charge in [0.05, 0.1) is 5.41 Å². The second kappa shape index (κ2) is 6.73. The summed E-state index contributed by atoms with van der Waals surface area (Å²) >= 11 is 0. The molecule has 0 unspecified atom stereocenters. The third-order valence-corrected chi connectivity index (χ3v) is 5.63. The standard InChI is InChI=1S/C19H25NO3/c21-17(13-19(18(22)23)11-4-12-19)20-16-9-7-15(8-10-16)14-5-2-1-3-6-14/h1-3,5-6,15-16H,4,7-13H2,(H,20,21)(H,22,23). The van der Waals surface area contributed by atoms with Crippen LogP contribution >= 0.6 is 0 Å². The van der Waals surface area contributed by atoms with Gasteiger partial charge in [0.15, 0.2) is 0 Å². The smallest absolute Gasteiger partial charge is 0.310 e. The van der Waals surface area contributed by atoms with E-state index in [9.17, 15) is 14.7 Å². The van der Waals surface area contributed by atoms with Crippen molar-refractivity contribution in [3.8, 4) is 0 Å². The number of nitrogens with one attached hydrogen (secondary N) is 1. The molecule has 0 aromatic heterocycles. The minimum Gasteiger partial charge on any atom is -0.481 e. The van der Waals surface area contributed by atoms with Gasteiger partial charge < -0.3 is 10.4 Å². The molecule has 2 N–H and O–H groups in total. The monoisotopic (exact) mass is 315 g/mol. The number of carbonyl (C=O) groups excluding carboxylic acids is 1. The predicted octanol–water partition coefficient (Wildman–Crippen LogP) is 3.47. The summed E-state index contributed by atoms with van der Waals surface area (Å²) in [6, 6.07) is 10.7. The van der Waals surface area contributed by atoms with Gasteiger partial charge in [-0.05, 0) is 50.0 Å². The molecule has 0 atom stereocenters. The quantitative estimate of drug-likeness (QED) is 0.874. The lowest BCUT2D eigenvalue weighted by molar-refractivity contribution is -0.157. The molecular weight excluding hydrogens is 290 g/mol. The Morgan fingerprint density at radius 1 is 1.09 bits per heavy atom. The zero-order valence-electron chi connectivity index (χ0n) is 13.5. The molecule has 124 valence electrons. The summed E-state index contributed by atoms with van der Waals surface area (Å²) in [6.45, 7) is 0. The lowest BCUT2D eigenvalue weighted by Crippen LogP contribution is -2.45. The predicted molar refractivity (Wildman–Crippen MR) is 88.1 cm³/mol. The molecule has 2 aliphatic rings. The second-order valence-electron chi connectivity index (χ2n) is 7.14. The summed E-state index contributed by atoms with van der Waals surface area (Å²) in [5, 5.41) is 12.4. The van der Waals surface area contributed by atoms with Crippen LogP contribution in [0.5, 0.6) is 0 Å². The average Bonchev–Trinajstić information content (AvgIpc) is 2.52. The number of carboxylic acids is 1. The SMILES string of the molecule is O=C(CC1(C(=O)O)CCC1)NC1CCC(c2ccccc2)CC1. The molecule has 0 radical (unpaired) electrons. The van der Waals surface area contributed by atoms with E-state index in [0.717, 1.165) is 32.1 Å². The fourth-order valence-electron chi connectivity index (χ4n) is 3.95. The Morgan fingerprint density at radius 3 is 2.26 bits per heavy atom. The highest BCUT2D eigenvalue weighted by molar-refractivity contribution is 5.85. The van der Waals surface area contributed by atoms with Crippen LogP contribution in [0.15, 0.2) is 30.3 Å². The van der Waals surface area contributed by atoms with Crippen LogP contribution in [-0.2, 0) is 9.59 Å². The van der Waals surface area contributed by atoms with E-state index in [1.165, 1.54) is 5.56 Å². The van der Waals surface area contributed by atoms with Gasteiger partial charge in [-0.3, -0.25) is 9.59 Å². The summed E-state index contributed by atoms with van der Waals surface area (Å²) < 4.78 is 0. The number of rotatable bonds is 5. The van der Waals surface area contributed by atoms with E-state index in [4.69, 9.17) is 0 Å². The number of hydrogen-bond donors (Lipinski definition) is 2.